The zero-order valence-electron chi connectivity index (χ0n) is 16.0. The highest BCUT2D eigenvalue weighted by molar-refractivity contribution is 7.15. The molecule has 4 rings (SSSR count). The molecule has 1 fully saturated rings. The van der Waals surface area contributed by atoms with Crippen molar-refractivity contribution >= 4 is 16.5 Å². The van der Waals surface area contributed by atoms with E-state index in [0.717, 1.165) is 36.1 Å². The van der Waals surface area contributed by atoms with Crippen LogP contribution in [0.25, 0.3) is 0 Å². The average molecular weight is 398 g/mol. The van der Waals surface area contributed by atoms with Crippen molar-refractivity contribution in [1.82, 2.24) is 10.2 Å². The Kier molecular flexibility index (Phi) is 5.98. The largest absolute Gasteiger partial charge is 0.373 e. The lowest BCUT2D eigenvalue weighted by Crippen LogP contribution is -2.37. The van der Waals surface area contributed by atoms with Gasteiger partial charge in [-0.2, -0.15) is 0 Å². The summed E-state index contributed by atoms with van der Waals surface area (Å²) in [5.41, 5.74) is 3.19. The zero-order chi connectivity index (χ0) is 19.3. The topological polar surface area (TPSA) is 38.2 Å². The molecule has 1 aromatic heterocycles. The van der Waals surface area contributed by atoms with Gasteiger partial charge in [0.05, 0.1) is 12.7 Å². The molecule has 0 amide bonds. The summed E-state index contributed by atoms with van der Waals surface area (Å²) in [6.07, 6.45) is 2.73. The fraction of sp³-hybridized carbons (Fsp3) is 0.364. The van der Waals surface area contributed by atoms with Crippen molar-refractivity contribution in [3.05, 3.63) is 76.0 Å². The van der Waals surface area contributed by atoms with Crippen LogP contribution in [0.1, 0.15) is 34.5 Å². The van der Waals surface area contributed by atoms with Crippen molar-refractivity contribution in [3.63, 3.8) is 0 Å². The van der Waals surface area contributed by atoms with E-state index in [-0.39, 0.29) is 11.9 Å². The average Bonchev–Trinajstić information content (AvgIpc) is 3.18. The molecular formula is C22H24FN3OS. The molecule has 4 nitrogen and oxygen atoms in total. The van der Waals surface area contributed by atoms with E-state index in [1.165, 1.54) is 17.2 Å². The number of hydrogen-bond acceptors (Lipinski definition) is 5. The molecule has 28 heavy (non-hydrogen) atoms. The molecule has 0 unspecified atom stereocenters. The van der Waals surface area contributed by atoms with Gasteiger partial charge in [0, 0.05) is 19.5 Å². The van der Waals surface area contributed by atoms with Crippen LogP contribution in [-0.4, -0.2) is 29.4 Å². The normalized spacial score (nSPS) is 15.1. The van der Waals surface area contributed by atoms with E-state index in [0.29, 0.717) is 18.6 Å². The van der Waals surface area contributed by atoms with Crippen molar-refractivity contribution in [2.45, 2.75) is 38.9 Å². The maximum Gasteiger partial charge on any atom is 0.208 e. The van der Waals surface area contributed by atoms with Crippen LogP contribution in [0.3, 0.4) is 0 Å². The van der Waals surface area contributed by atoms with Crippen molar-refractivity contribution in [3.8, 4) is 0 Å². The van der Waals surface area contributed by atoms with Gasteiger partial charge in [-0.25, -0.2) is 4.39 Å². The molecular weight excluding hydrogens is 373 g/mol. The van der Waals surface area contributed by atoms with Gasteiger partial charge in [-0.1, -0.05) is 53.8 Å². The molecule has 6 heteroatoms. The van der Waals surface area contributed by atoms with E-state index in [4.69, 9.17) is 4.74 Å². The zero-order valence-corrected chi connectivity index (χ0v) is 16.8. The molecule has 0 N–H and O–H groups in total. The number of hydrogen-bond donors (Lipinski definition) is 0. The SMILES string of the molecule is Cc1ccccc1COC1CCN(c2nnc(Cc3ccccc3F)s2)CC1. The third-order valence-corrected chi connectivity index (χ3v) is 6.19. The van der Waals surface area contributed by atoms with Crippen LogP contribution in [0, 0.1) is 12.7 Å². The molecule has 2 aromatic carbocycles. The Hall–Kier alpha value is -2.31. The lowest BCUT2D eigenvalue weighted by atomic mass is 10.1. The number of anilines is 1. The molecule has 0 spiro atoms. The van der Waals surface area contributed by atoms with Crippen molar-refractivity contribution in [1.29, 1.82) is 0 Å². The Morgan fingerprint density at radius 2 is 1.75 bits per heavy atom. The fourth-order valence-corrected chi connectivity index (χ4v) is 4.36. The summed E-state index contributed by atoms with van der Waals surface area (Å²) in [5.74, 6) is -0.189. The number of aryl methyl sites for hydroxylation is 1. The predicted octanol–water partition coefficient (Wildman–Crippen LogP) is 4.76. The third-order valence-electron chi connectivity index (χ3n) is 5.20. The van der Waals surface area contributed by atoms with Gasteiger partial charge in [-0.3, -0.25) is 0 Å². The lowest BCUT2D eigenvalue weighted by molar-refractivity contribution is 0.0249. The van der Waals surface area contributed by atoms with Crippen molar-refractivity contribution < 1.29 is 9.13 Å². The highest BCUT2D eigenvalue weighted by Gasteiger charge is 2.22. The minimum atomic E-state index is -0.189. The fourth-order valence-electron chi connectivity index (χ4n) is 3.44. The first-order valence-electron chi connectivity index (χ1n) is 9.66. The van der Waals surface area contributed by atoms with Crippen LogP contribution in [0.2, 0.25) is 0 Å². The minimum absolute atomic E-state index is 0.189. The van der Waals surface area contributed by atoms with Gasteiger partial charge in [-0.15, -0.1) is 10.2 Å². The molecule has 0 aliphatic carbocycles. The second kappa shape index (κ2) is 8.80. The Labute approximate surface area is 169 Å². The first-order chi connectivity index (χ1) is 13.7. The molecule has 0 radical (unpaired) electrons. The molecule has 2 heterocycles. The summed E-state index contributed by atoms with van der Waals surface area (Å²) in [5, 5.41) is 10.4. The number of benzene rings is 2. The Morgan fingerprint density at radius 1 is 1.04 bits per heavy atom. The quantitative estimate of drug-likeness (QED) is 0.601. The van der Waals surface area contributed by atoms with E-state index < -0.39 is 0 Å². The van der Waals surface area contributed by atoms with Crippen molar-refractivity contribution in [2.75, 3.05) is 18.0 Å². The molecule has 3 aromatic rings. The van der Waals surface area contributed by atoms with E-state index in [1.54, 1.807) is 23.5 Å². The van der Waals surface area contributed by atoms with Gasteiger partial charge in [0.1, 0.15) is 10.8 Å². The van der Waals surface area contributed by atoms with Crippen LogP contribution in [-0.2, 0) is 17.8 Å². The number of ether oxygens (including phenoxy) is 1. The highest BCUT2D eigenvalue weighted by atomic mass is 32.1. The summed E-state index contributed by atoms with van der Waals surface area (Å²) < 4.78 is 20.0. The van der Waals surface area contributed by atoms with Gasteiger partial charge < -0.3 is 9.64 Å². The maximum atomic E-state index is 13.8. The molecule has 146 valence electrons. The van der Waals surface area contributed by atoms with Crippen LogP contribution < -0.4 is 4.90 Å². The number of piperidine rings is 1. The minimum Gasteiger partial charge on any atom is -0.373 e. The monoisotopic (exact) mass is 397 g/mol. The molecule has 1 aliphatic heterocycles. The first kappa shape index (κ1) is 19.0. The molecule has 0 bridgehead atoms. The van der Waals surface area contributed by atoms with E-state index in [1.807, 2.05) is 6.07 Å². The number of rotatable bonds is 6. The second-order valence-electron chi connectivity index (χ2n) is 7.17. The summed E-state index contributed by atoms with van der Waals surface area (Å²) in [4.78, 5) is 2.26. The highest BCUT2D eigenvalue weighted by Crippen LogP contribution is 2.27. The van der Waals surface area contributed by atoms with E-state index in [9.17, 15) is 4.39 Å². The number of halogens is 1. The van der Waals surface area contributed by atoms with Crippen LogP contribution in [0.5, 0.6) is 0 Å². The maximum absolute atomic E-state index is 13.8. The predicted molar refractivity (Wildman–Crippen MR) is 110 cm³/mol. The van der Waals surface area contributed by atoms with Crippen molar-refractivity contribution in [2.24, 2.45) is 0 Å². The van der Waals surface area contributed by atoms with Crippen LogP contribution >= 0.6 is 11.3 Å². The molecule has 1 aliphatic rings. The molecule has 0 saturated carbocycles. The molecule has 0 atom stereocenters. The molecule has 1 saturated heterocycles. The van der Waals surface area contributed by atoms with Crippen LogP contribution in [0.15, 0.2) is 48.5 Å². The van der Waals surface area contributed by atoms with Gasteiger partial charge in [0.2, 0.25) is 5.13 Å². The standard InChI is InChI=1S/C22H24FN3OS/c1-16-6-2-3-8-18(16)15-27-19-10-12-26(13-11-19)22-25-24-21(28-22)14-17-7-4-5-9-20(17)23/h2-9,19H,10-15H2,1H3. The summed E-state index contributed by atoms with van der Waals surface area (Å²) in [6.45, 7) is 4.61. The van der Waals surface area contributed by atoms with E-state index in [2.05, 4.69) is 46.3 Å². The van der Waals surface area contributed by atoms with Gasteiger partial charge in [-0.05, 0) is 42.5 Å². The third kappa shape index (κ3) is 4.56. The first-order valence-corrected chi connectivity index (χ1v) is 10.5. The number of aromatic nitrogens is 2. The summed E-state index contributed by atoms with van der Waals surface area (Å²) in [6, 6.07) is 15.2. The Morgan fingerprint density at radius 3 is 2.50 bits per heavy atom. The van der Waals surface area contributed by atoms with Gasteiger partial charge >= 0.3 is 0 Å². The van der Waals surface area contributed by atoms with Gasteiger partial charge in [0.15, 0.2) is 0 Å². The van der Waals surface area contributed by atoms with Gasteiger partial charge in [0.25, 0.3) is 0 Å². The Balaban J connectivity index is 1.29. The second-order valence-corrected chi connectivity index (χ2v) is 8.21. The summed E-state index contributed by atoms with van der Waals surface area (Å²) >= 11 is 1.55. The smallest absolute Gasteiger partial charge is 0.208 e. The summed E-state index contributed by atoms with van der Waals surface area (Å²) in [7, 11) is 0. The lowest BCUT2D eigenvalue weighted by Gasteiger charge is -2.31. The van der Waals surface area contributed by atoms with E-state index >= 15 is 0 Å². The number of nitrogens with zero attached hydrogens (tertiary/aromatic N) is 3. The van der Waals surface area contributed by atoms with Crippen LogP contribution in [0.4, 0.5) is 9.52 Å². The Bertz CT molecular complexity index is 921.